The Balaban J connectivity index is 1.63. The molecule has 2 heterocycles. The van der Waals surface area contributed by atoms with Gasteiger partial charge in [-0.05, 0) is 50.2 Å². The van der Waals surface area contributed by atoms with Crippen molar-refractivity contribution in [3.05, 3.63) is 42.5 Å². The van der Waals surface area contributed by atoms with Gasteiger partial charge in [0.05, 0.1) is 26.4 Å². The molecule has 2 aromatic carbocycles. The number of hydrogen-bond acceptors (Lipinski definition) is 10. The zero-order valence-electron chi connectivity index (χ0n) is 19.3. The SMILES string of the molecule is CCOc1ccc(-c2nc(-c3ccc4oc(N(C)C(N)(CO)CO)cc4c3)no2)cc1OCC. The summed E-state index contributed by atoms with van der Waals surface area (Å²) in [6.07, 6.45) is 0. The van der Waals surface area contributed by atoms with E-state index in [0.717, 1.165) is 10.9 Å². The summed E-state index contributed by atoms with van der Waals surface area (Å²) in [5.74, 6) is 2.44. The average Bonchev–Trinajstić information content (AvgIpc) is 3.51. The number of likely N-dealkylation sites (N-methyl/N-ethyl adjacent to an activating group) is 1. The van der Waals surface area contributed by atoms with Crippen molar-refractivity contribution in [2.75, 3.05) is 38.4 Å². The van der Waals surface area contributed by atoms with Crippen molar-refractivity contribution in [3.63, 3.8) is 0 Å². The maximum Gasteiger partial charge on any atom is 0.258 e. The van der Waals surface area contributed by atoms with E-state index in [-0.39, 0.29) is 0 Å². The summed E-state index contributed by atoms with van der Waals surface area (Å²) in [6, 6.07) is 12.7. The molecule has 0 aliphatic heterocycles. The molecule has 0 fully saturated rings. The van der Waals surface area contributed by atoms with Crippen LogP contribution in [-0.4, -0.2) is 59.5 Å². The third-order valence-electron chi connectivity index (χ3n) is 5.52. The van der Waals surface area contributed by atoms with Gasteiger partial charge in [0.25, 0.3) is 5.89 Å². The average molecular weight is 469 g/mol. The van der Waals surface area contributed by atoms with E-state index in [9.17, 15) is 10.2 Å². The van der Waals surface area contributed by atoms with Gasteiger partial charge in [-0.1, -0.05) is 5.16 Å². The molecular weight excluding hydrogens is 440 g/mol. The van der Waals surface area contributed by atoms with E-state index >= 15 is 0 Å². The molecule has 4 N–H and O–H groups in total. The Labute approximate surface area is 196 Å². The Morgan fingerprint density at radius 1 is 0.971 bits per heavy atom. The number of nitrogens with zero attached hydrogens (tertiary/aromatic N) is 3. The van der Waals surface area contributed by atoms with Crippen LogP contribution >= 0.6 is 0 Å². The number of furan rings is 1. The molecule has 34 heavy (non-hydrogen) atoms. The van der Waals surface area contributed by atoms with Gasteiger partial charge >= 0.3 is 0 Å². The van der Waals surface area contributed by atoms with Gasteiger partial charge in [0.15, 0.2) is 17.4 Å². The molecule has 0 spiro atoms. The first-order chi connectivity index (χ1) is 16.4. The van der Waals surface area contributed by atoms with E-state index in [0.29, 0.717) is 53.5 Å². The van der Waals surface area contributed by atoms with Gasteiger partial charge in [-0.25, -0.2) is 0 Å². The third kappa shape index (κ3) is 4.43. The molecule has 4 aromatic rings. The second-order valence-electron chi connectivity index (χ2n) is 7.77. The first-order valence-electron chi connectivity index (χ1n) is 10.9. The topological polar surface area (TPSA) is 140 Å². The highest BCUT2D eigenvalue weighted by molar-refractivity contribution is 5.85. The van der Waals surface area contributed by atoms with Crippen LogP contribution in [0.4, 0.5) is 5.88 Å². The Morgan fingerprint density at radius 3 is 2.38 bits per heavy atom. The molecule has 10 heteroatoms. The number of ether oxygens (including phenoxy) is 2. The zero-order chi connectivity index (χ0) is 24.3. The van der Waals surface area contributed by atoms with Crippen molar-refractivity contribution in [2.45, 2.75) is 19.5 Å². The first-order valence-corrected chi connectivity index (χ1v) is 10.9. The van der Waals surface area contributed by atoms with Gasteiger partial charge in [-0.2, -0.15) is 4.98 Å². The maximum absolute atomic E-state index is 9.56. The highest BCUT2D eigenvalue weighted by Crippen LogP contribution is 2.34. The van der Waals surface area contributed by atoms with Gasteiger partial charge in [0, 0.05) is 29.6 Å². The van der Waals surface area contributed by atoms with Gasteiger partial charge < -0.3 is 39.3 Å². The number of benzene rings is 2. The minimum absolute atomic E-state index is 0.352. The molecule has 4 rings (SSSR count). The third-order valence-corrected chi connectivity index (χ3v) is 5.52. The minimum Gasteiger partial charge on any atom is -0.490 e. The second-order valence-corrected chi connectivity index (χ2v) is 7.77. The van der Waals surface area contributed by atoms with Gasteiger partial charge in [0.1, 0.15) is 11.2 Å². The molecule has 0 saturated heterocycles. The number of aliphatic hydroxyl groups is 2. The van der Waals surface area contributed by atoms with E-state index in [1.165, 1.54) is 4.90 Å². The van der Waals surface area contributed by atoms with Crippen LogP contribution in [-0.2, 0) is 0 Å². The molecule has 0 aliphatic carbocycles. The van der Waals surface area contributed by atoms with Crippen LogP contribution in [0.1, 0.15) is 13.8 Å². The van der Waals surface area contributed by atoms with Crippen molar-refractivity contribution < 1.29 is 28.6 Å². The van der Waals surface area contributed by atoms with Crippen LogP contribution in [0.15, 0.2) is 51.4 Å². The molecule has 10 nitrogen and oxygen atoms in total. The quantitative estimate of drug-likeness (QED) is 0.297. The Morgan fingerprint density at radius 2 is 1.68 bits per heavy atom. The highest BCUT2D eigenvalue weighted by Gasteiger charge is 2.31. The lowest BCUT2D eigenvalue weighted by Crippen LogP contribution is -2.60. The van der Waals surface area contributed by atoms with Crippen LogP contribution in [0.5, 0.6) is 11.5 Å². The molecule has 0 amide bonds. The number of hydrogen-bond donors (Lipinski definition) is 3. The number of nitrogens with two attached hydrogens (primary N) is 1. The van der Waals surface area contributed by atoms with Gasteiger partial charge in [0.2, 0.25) is 5.82 Å². The molecule has 0 radical (unpaired) electrons. The molecule has 0 bridgehead atoms. The van der Waals surface area contributed by atoms with Crippen molar-refractivity contribution in [3.8, 4) is 34.3 Å². The molecule has 0 atom stereocenters. The predicted molar refractivity (Wildman–Crippen MR) is 127 cm³/mol. The summed E-state index contributed by atoms with van der Waals surface area (Å²) in [6.45, 7) is 3.97. The second kappa shape index (κ2) is 9.72. The fourth-order valence-electron chi connectivity index (χ4n) is 3.46. The summed E-state index contributed by atoms with van der Waals surface area (Å²) in [5.41, 5.74) is 6.75. The van der Waals surface area contributed by atoms with Crippen LogP contribution in [0.25, 0.3) is 33.8 Å². The summed E-state index contributed by atoms with van der Waals surface area (Å²) >= 11 is 0. The van der Waals surface area contributed by atoms with Crippen molar-refractivity contribution in [1.29, 1.82) is 0 Å². The summed E-state index contributed by atoms with van der Waals surface area (Å²) in [5, 5.41) is 24.0. The van der Waals surface area contributed by atoms with Crippen LogP contribution in [0.3, 0.4) is 0 Å². The molecule has 2 aromatic heterocycles. The smallest absolute Gasteiger partial charge is 0.258 e. The van der Waals surface area contributed by atoms with E-state index in [2.05, 4.69) is 10.1 Å². The largest absolute Gasteiger partial charge is 0.490 e. The fourth-order valence-corrected chi connectivity index (χ4v) is 3.46. The lowest BCUT2D eigenvalue weighted by molar-refractivity contribution is 0.119. The molecular formula is C24H28N4O6. The minimum atomic E-state index is -1.35. The first kappa shape index (κ1) is 23.6. The molecule has 180 valence electrons. The summed E-state index contributed by atoms with van der Waals surface area (Å²) in [4.78, 5) is 6.04. The lowest BCUT2D eigenvalue weighted by Gasteiger charge is -2.34. The van der Waals surface area contributed by atoms with Crippen LogP contribution < -0.4 is 20.1 Å². The Bertz CT molecular complexity index is 1260. The molecule has 0 saturated carbocycles. The number of aliphatic hydroxyl groups excluding tert-OH is 2. The zero-order valence-corrected chi connectivity index (χ0v) is 19.3. The number of fused-ring (bicyclic) bond motifs is 1. The van der Waals surface area contributed by atoms with Crippen LogP contribution in [0, 0.1) is 0 Å². The van der Waals surface area contributed by atoms with Gasteiger partial charge in [-0.3, -0.25) is 0 Å². The summed E-state index contributed by atoms with van der Waals surface area (Å²) < 4.78 is 22.6. The monoisotopic (exact) mass is 468 g/mol. The lowest BCUT2D eigenvalue weighted by atomic mass is 10.1. The highest BCUT2D eigenvalue weighted by atomic mass is 16.5. The molecule has 0 unspecified atom stereocenters. The number of rotatable bonds is 10. The van der Waals surface area contributed by atoms with Crippen molar-refractivity contribution in [2.24, 2.45) is 5.73 Å². The van der Waals surface area contributed by atoms with E-state index in [1.807, 2.05) is 44.2 Å². The predicted octanol–water partition coefficient (Wildman–Crippen LogP) is 3.02. The Hall–Kier alpha value is -3.60. The summed E-state index contributed by atoms with van der Waals surface area (Å²) in [7, 11) is 1.64. The standard InChI is InChI=1S/C24H28N4O6/c1-4-31-19-9-7-16(11-20(19)32-5-2)23-26-22(27-34-23)15-6-8-18-17(10-15)12-21(33-18)28(3)24(25,13-29)14-30/h6-12,29-30H,4-5,13-14,25H2,1-3H3. The number of aromatic nitrogens is 2. The van der Waals surface area contributed by atoms with E-state index < -0.39 is 18.9 Å². The van der Waals surface area contributed by atoms with E-state index in [4.69, 9.17) is 24.1 Å². The fraction of sp³-hybridized carbons (Fsp3) is 0.333. The Kier molecular flexibility index (Phi) is 6.73. The molecule has 0 aliphatic rings. The normalized spacial score (nSPS) is 11.7. The van der Waals surface area contributed by atoms with Crippen molar-refractivity contribution in [1.82, 2.24) is 10.1 Å². The van der Waals surface area contributed by atoms with E-state index in [1.54, 1.807) is 19.2 Å². The van der Waals surface area contributed by atoms with Crippen LogP contribution in [0.2, 0.25) is 0 Å². The maximum atomic E-state index is 9.56. The van der Waals surface area contributed by atoms with Crippen molar-refractivity contribution >= 4 is 16.9 Å². The van der Waals surface area contributed by atoms with Gasteiger partial charge in [-0.15, -0.1) is 0 Å². The number of anilines is 1.